The third-order valence-electron chi connectivity index (χ3n) is 3.96. The van der Waals surface area contributed by atoms with Gasteiger partial charge in [-0.05, 0) is 18.8 Å². The predicted octanol–water partition coefficient (Wildman–Crippen LogP) is 0.439. The number of carbonyl (C=O) groups excluding carboxylic acids is 2. The lowest BCUT2D eigenvalue weighted by Gasteiger charge is -2.43. The molecule has 0 aromatic heterocycles. The minimum absolute atomic E-state index is 0.0771. The standard InChI is InChI=1S/C14H22N2O3/c1-4-5-14-7-10(17)8-16(14)12(18)11(6-9(2)3)15-13(14)19/h4,9-11,17H,1,5-8H2,2-3H3,(H,15,19)/t10-,11-,14?/m1/s1. The number of hydrogen-bond donors (Lipinski definition) is 2. The van der Waals surface area contributed by atoms with Crippen molar-refractivity contribution in [3.63, 3.8) is 0 Å². The van der Waals surface area contributed by atoms with Gasteiger partial charge in [-0.15, -0.1) is 6.58 Å². The molecule has 0 spiro atoms. The van der Waals surface area contributed by atoms with E-state index in [1.54, 1.807) is 11.0 Å². The van der Waals surface area contributed by atoms with Crippen molar-refractivity contribution in [1.82, 2.24) is 10.2 Å². The van der Waals surface area contributed by atoms with Gasteiger partial charge in [0, 0.05) is 13.0 Å². The second-order valence-corrected chi connectivity index (χ2v) is 5.99. The molecule has 2 rings (SSSR count). The molecule has 5 heteroatoms. The highest BCUT2D eigenvalue weighted by molar-refractivity contribution is 6.00. The molecular weight excluding hydrogens is 244 g/mol. The van der Waals surface area contributed by atoms with Gasteiger partial charge in [-0.3, -0.25) is 9.59 Å². The topological polar surface area (TPSA) is 69.6 Å². The molecular formula is C14H22N2O3. The fraction of sp³-hybridized carbons (Fsp3) is 0.714. The lowest BCUT2D eigenvalue weighted by molar-refractivity contribution is -0.154. The van der Waals surface area contributed by atoms with Crippen LogP contribution in [0.15, 0.2) is 12.7 Å². The van der Waals surface area contributed by atoms with Crippen LogP contribution >= 0.6 is 0 Å². The lowest BCUT2D eigenvalue weighted by atomic mass is 9.86. The van der Waals surface area contributed by atoms with E-state index in [0.717, 1.165) is 0 Å². The maximum atomic E-state index is 12.5. The van der Waals surface area contributed by atoms with E-state index in [-0.39, 0.29) is 18.4 Å². The normalized spacial score (nSPS) is 34.4. The smallest absolute Gasteiger partial charge is 0.247 e. The summed E-state index contributed by atoms with van der Waals surface area (Å²) in [5.41, 5.74) is -0.925. The van der Waals surface area contributed by atoms with Crippen molar-refractivity contribution in [3.8, 4) is 0 Å². The van der Waals surface area contributed by atoms with Gasteiger partial charge in [-0.1, -0.05) is 19.9 Å². The molecule has 0 aromatic rings. The Bertz CT molecular complexity index is 407. The maximum Gasteiger partial charge on any atom is 0.247 e. The first kappa shape index (κ1) is 14.1. The molecule has 2 saturated heterocycles. The zero-order chi connectivity index (χ0) is 14.2. The zero-order valence-electron chi connectivity index (χ0n) is 11.6. The number of aliphatic hydroxyl groups excluding tert-OH is 1. The van der Waals surface area contributed by atoms with Crippen molar-refractivity contribution >= 4 is 11.8 Å². The molecule has 2 heterocycles. The van der Waals surface area contributed by atoms with E-state index in [4.69, 9.17) is 0 Å². The molecule has 2 aliphatic rings. The second-order valence-electron chi connectivity index (χ2n) is 5.99. The van der Waals surface area contributed by atoms with Crippen LogP contribution in [0.3, 0.4) is 0 Å². The van der Waals surface area contributed by atoms with Gasteiger partial charge in [-0.25, -0.2) is 0 Å². The molecule has 3 atom stereocenters. The largest absolute Gasteiger partial charge is 0.391 e. The van der Waals surface area contributed by atoms with Crippen LogP contribution in [0.5, 0.6) is 0 Å². The minimum Gasteiger partial charge on any atom is -0.391 e. The molecule has 2 amide bonds. The molecule has 2 fully saturated rings. The summed E-state index contributed by atoms with van der Waals surface area (Å²) in [6.07, 6.45) is 2.32. The van der Waals surface area contributed by atoms with E-state index in [0.29, 0.717) is 25.2 Å². The molecule has 0 radical (unpaired) electrons. The highest BCUT2D eigenvalue weighted by Gasteiger charge is 2.56. The van der Waals surface area contributed by atoms with Crippen LogP contribution in [0.1, 0.15) is 33.1 Å². The van der Waals surface area contributed by atoms with Gasteiger partial charge in [0.1, 0.15) is 11.6 Å². The van der Waals surface area contributed by atoms with Gasteiger partial charge in [0.15, 0.2) is 0 Å². The average Bonchev–Trinajstić information content (AvgIpc) is 2.64. The van der Waals surface area contributed by atoms with Gasteiger partial charge in [0.2, 0.25) is 11.8 Å². The van der Waals surface area contributed by atoms with E-state index in [9.17, 15) is 14.7 Å². The van der Waals surface area contributed by atoms with E-state index in [1.165, 1.54) is 0 Å². The molecule has 2 N–H and O–H groups in total. The van der Waals surface area contributed by atoms with E-state index >= 15 is 0 Å². The van der Waals surface area contributed by atoms with Crippen molar-refractivity contribution < 1.29 is 14.7 Å². The second kappa shape index (κ2) is 4.96. The Labute approximate surface area is 113 Å². The maximum absolute atomic E-state index is 12.5. The first-order valence-electron chi connectivity index (χ1n) is 6.82. The molecule has 19 heavy (non-hydrogen) atoms. The number of carbonyl (C=O) groups is 2. The van der Waals surface area contributed by atoms with Gasteiger partial charge >= 0.3 is 0 Å². The number of nitrogens with zero attached hydrogens (tertiary/aromatic N) is 1. The lowest BCUT2D eigenvalue weighted by Crippen LogP contribution is -2.68. The Morgan fingerprint density at radius 2 is 2.26 bits per heavy atom. The van der Waals surface area contributed by atoms with E-state index < -0.39 is 17.7 Å². The Kier molecular flexibility index (Phi) is 3.67. The molecule has 0 saturated carbocycles. The predicted molar refractivity (Wildman–Crippen MR) is 71.3 cm³/mol. The monoisotopic (exact) mass is 266 g/mol. The highest BCUT2D eigenvalue weighted by Crippen LogP contribution is 2.37. The summed E-state index contributed by atoms with van der Waals surface area (Å²) in [4.78, 5) is 26.4. The first-order valence-corrected chi connectivity index (χ1v) is 6.82. The summed E-state index contributed by atoms with van der Waals surface area (Å²) in [6.45, 7) is 7.94. The minimum atomic E-state index is -0.925. The van der Waals surface area contributed by atoms with Crippen LogP contribution in [0.4, 0.5) is 0 Å². The van der Waals surface area contributed by atoms with Crippen LogP contribution in [-0.2, 0) is 9.59 Å². The van der Waals surface area contributed by atoms with E-state index in [1.807, 2.05) is 13.8 Å². The first-order chi connectivity index (χ1) is 8.90. The van der Waals surface area contributed by atoms with E-state index in [2.05, 4.69) is 11.9 Å². The average molecular weight is 266 g/mol. The van der Waals surface area contributed by atoms with Crippen molar-refractivity contribution in [2.45, 2.75) is 50.8 Å². The molecule has 5 nitrogen and oxygen atoms in total. The molecule has 0 aliphatic carbocycles. The Hall–Kier alpha value is -1.36. The zero-order valence-corrected chi connectivity index (χ0v) is 11.6. The Balaban J connectivity index is 2.29. The van der Waals surface area contributed by atoms with Crippen LogP contribution in [0, 0.1) is 5.92 Å². The van der Waals surface area contributed by atoms with Gasteiger partial charge in [0.25, 0.3) is 0 Å². The van der Waals surface area contributed by atoms with Crippen LogP contribution in [-0.4, -0.2) is 46.1 Å². The van der Waals surface area contributed by atoms with Gasteiger partial charge < -0.3 is 15.3 Å². The highest BCUT2D eigenvalue weighted by atomic mass is 16.3. The summed E-state index contributed by atoms with van der Waals surface area (Å²) in [5, 5.41) is 12.7. The quantitative estimate of drug-likeness (QED) is 0.725. The Morgan fingerprint density at radius 1 is 1.58 bits per heavy atom. The molecule has 0 bridgehead atoms. The van der Waals surface area contributed by atoms with Crippen molar-refractivity contribution in [2.24, 2.45) is 5.92 Å². The number of rotatable bonds is 4. The SMILES string of the molecule is C=CCC12C[C@@H](O)CN1C(=O)[C@@H](CC(C)C)NC2=O. The summed E-state index contributed by atoms with van der Waals surface area (Å²) in [5.74, 6) is 0.0922. The Morgan fingerprint density at radius 3 is 2.84 bits per heavy atom. The summed E-state index contributed by atoms with van der Waals surface area (Å²) in [7, 11) is 0. The molecule has 106 valence electrons. The summed E-state index contributed by atoms with van der Waals surface area (Å²) >= 11 is 0. The third kappa shape index (κ3) is 2.27. The molecule has 1 unspecified atom stereocenters. The summed E-state index contributed by atoms with van der Waals surface area (Å²) in [6, 6.07) is -0.462. The number of fused-ring (bicyclic) bond motifs is 1. The summed E-state index contributed by atoms with van der Waals surface area (Å²) < 4.78 is 0. The number of piperazine rings is 1. The van der Waals surface area contributed by atoms with Crippen LogP contribution in [0.2, 0.25) is 0 Å². The van der Waals surface area contributed by atoms with Crippen molar-refractivity contribution in [3.05, 3.63) is 12.7 Å². The van der Waals surface area contributed by atoms with Gasteiger partial charge in [-0.2, -0.15) is 0 Å². The van der Waals surface area contributed by atoms with Crippen LogP contribution in [0.25, 0.3) is 0 Å². The van der Waals surface area contributed by atoms with Crippen molar-refractivity contribution in [1.29, 1.82) is 0 Å². The van der Waals surface area contributed by atoms with Crippen molar-refractivity contribution in [2.75, 3.05) is 6.54 Å². The molecule has 0 aromatic carbocycles. The number of amides is 2. The number of aliphatic hydroxyl groups is 1. The third-order valence-corrected chi connectivity index (χ3v) is 3.96. The number of hydrogen-bond acceptors (Lipinski definition) is 3. The molecule has 2 aliphatic heterocycles. The van der Waals surface area contributed by atoms with Gasteiger partial charge in [0.05, 0.1) is 6.10 Å². The van der Waals surface area contributed by atoms with Crippen LogP contribution < -0.4 is 5.32 Å². The number of nitrogens with one attached hydrogen (secondary N) is 1. The fourth-order valence-electron chi connectivity index (χ4n) is 3.16. The number of β-amino-alcohol motifs (C(OH)–C–C–N with tert-alkyl or cyclic N) is 1. The fourth-order valence-corrected chi connectivity index (χ4v) is 3.16.